The molecule has 2 aromatic carbocycles. The molecule has 2 heterocycles. The maximum atomic E-state index is 14.2. The molecule has 10 heteroatoms. The Bertz CT molecular complexity index is 1350. The van der Waals surface area contributed by atoms with Gasteiger partial charge >= 0.3 is 5.97 Å². The van der Waals surface area contributed by atoms with Crippen LogP contribution in [0.5, 0.6) is 11.5 Å². The quantitative estimate of drug-likeness (QED) is 0.281. The zero-order chi connectivity index (χ0) is 26.6. The summed E-state index contributed by atoms with van der Waals surface area (Å²) < 4.78 is 33.0. The van der Waals surface area contributed by atoms with Gasteiger partial charge in [0.2, 0.25) is 11.1 Å². The number of nitrogens with zero attached hydrogens (tertiary/aromatic N) is 3. The number of allylic oxidation sites excluding steroid dienone is 1. The van der Waals surface area contributed by atoms with Crippen molar-refractivity contribution in [1.82, 2.24) is 14.8 Å². The minimum Gasteiger partial charge on any atom is -0.497 e. The predicted molar refractivity (Wildman–Crippen MR) is 143 cm³/mol. The molecule has 3 aromatic rings. The average molecular weight is 539 g/mol. The van der Waals surface area contributed by atoms with Gasteiger partial charge in [-0.05, 0) is 62.4 Å². The van der Waals surface area contributed by atoms with E-state index in [0.717, 1.165) is 32.1 Å². The smallest absolute Gasteiger partial charge is 0.338 e. The van der Waals surface area contributed by atoms with Gasteiger partial charge in [-0.25, -0.2) is 13.9 Å². The van der Waals surface area contributed by atoms with Crippen LogP contribution < -0.4 is 14.8 Å². The van der Waals surface area contributed by atoms with E-state index in [0.29, 0.717) is 50.8 Å². The van der Waals surface area contributed by atoms with Crippen LogP contribution in [0, 0.1) is 5.82 Å². The van der Waals surface area contributed by atoms with Crippen LogP contribution in [0.25, 0.3) is 0 Å². The number of aromatic nitrogens is 3. The molecule has 1 unspecified atom stereocenters. The molecule has 0 amide bonds. The second-order valence-electron chi connectivity index (χ2n) is 9.38. The minimum absolute atomic E-state index is 0.103. The molecule has 1 aromatic heterocycles. The number of carbonyl (C=O) groups excluding carboxylic acids is 1. The zero-order valence-corrected chi connectivity index (χ0v) is 22.5. The fraction of sp³-hybridized carbons (Fsp3) is 0.393. The molecule has 2 aliphatic rings. The fourth-order valence-electron chi connectivity index (χ4n) is 4.95. The number of fused-ring (bicyclic) bond motifs is 1. The van der Waals surface area contributed by atoms with Crippen molar-refractivity contribution < 1.29 is 23.4 Å². The molecule has 1 atom stereocenters. The second kappa shape index (κ2) is 11.5. The number of carbonyl (C=O) groups is 1. The molecular formula is C28H31FN4O4S. The van der Waals surface area contributed by atoms with Crippen molar-refractivity contribution in [3.05, 3.63) is 70.7 Å². The highest BCUT2D eigenvalue weighted by atomic mass is 32.2. The molecule has 200 valence electrons. The number of halogens is 1. The lowest BCUT2D eigenvalue weighted by atomic mass is 9.94. The van der Waals surface area contributed by atoms with Crippen LogP contribution in [-0.4, -0.2) is 41.1 Å². The van der Waals surface area contributed by atoms with Gasteiger partial charge in [-0.1, -0.05) is 36.4 Å². The SMILES string of the molecule is COc1ccc(OC)c(C2C(C(=O)OC3CCCCC3)=C(C)Nc3nc(SCc4ccccc4F)nn32)c1. The third-order valence-corrected chi connectivity index (χ3v) is 7.81. The molecule has 1 saturated carbocycles. The van der Waals surface area contributed by atoms with Crippen molar-refractivity contribution in [3.8, 4) is 11.5 Å². The van der Waals surface area contributed by atoms with E-state index >= 15 is 0 Å². The molecule has 1 aliphatic heterocycles. The van der Waals surface area contributed by atoms with E-state index in [2.05, 4.69) is 10.3 Å². The van der Waals surface area contributed by atoms with Crippen LogP contribution in [-0.2, 0) is 15.3 Å². The summed E-state index contributed by atoms with van der Waals surface area (Å²) in [5.74, 6) is 1.38. The summed E-state index contributed by atoms with van der Waals surface area (Å²) in [6.45, 7) is 1.83. The minimum atomic E-state index is -0.664. The van der Waals surface area contributed by atoms with Gasteiger partial charge in [0.1, 0.15) is 29.5 Å². The predicted octanol–water partition coefficient (Wildman–Crippen LogP) is 5.89. The maximum Gasteiger partial charge on any atom is 0.338 e. The molecule has 1 fully saturated rings. The van der Waals surface area contributed by atoms with Crippen LogP contribution in [0.3, 0.4) is 0 Å². The summed E-state index contributed by atoms with van der Waals surface area (Å²) in [6, 6.07) is 11.4. The topological polar surface area (TPSA) is 87.5 Å². The van der Waals surface area contributed by atoms with Gasteiger partial charge in [0.15, 0.2) is 0 Å². The van der Waals surface area contributed by atoms with Gasteiger partial charge in [0.05, 0.1) is 19.8 Å². The van der Waals surface area contributed by atoms with Crippen LogP contribution >= 0.6 is 11.8 Å². The van der Waals surface area contributed by atoms with Crippen molar-refractivity contribution >= 4 is 23.7 Å². The molecule has 0 saturated heterocycles. The van der Waals surface area contributed by atoms with Crippen LogP contribution in [0.1, 0.15) is 56.2 Å². The van der Waals surface area contributed by atoms with Gasteiger partial charge in [0, 0.05) is 17.0 Å². The lowest BCUT2D eigenvalue weighted by Crippen LogP contribution is -2.32. The van der Waals surface area contributed by atoms with Crippen LogP contribution in [0.2, 0.25) is 0 Å². The molecule has 0 radical (unpaired) electrons. The summed E-state index contributed by atoms with van der Waals surface area (Å²) in [5.41, 5.74) is 2.33. The van der Waals surface area contributed by atoms with E-state index in [9.17, 15) is 9.18 Å². The monoisotopic (exact) mass is 538 g/mol. The Morgan fingerprint density at radius 3 is 2.66 bits per heavy atom. The molecule has 0 bridgehead atoms. The summed E-state index contributed by atoms with van der Waals surface area (Å²) in [6.07, 6.45) is 4.90. The van der Waals surface area contributed by atoms with E-state index in [-0.39, 0.29) is 11.9 Å². The first kappa shape index (κ1) is 26.1. The van der Waals surface area contributed by atoms with Gasteiger partial charge in [-0.3, -0.25) is 0 Å². The fourth-order valence-corrected chi connectivity index (χ4v) is 5.77. The van der Waals surface area contributed by atoms with Gasteiger partial charge < -0.3 is 19.5 Å². The van der Waals surface area contributed by atoms with E-state index in [1.165, 1.54) is 17.8 Å². The van der Waals surface area contributed by atoms with Crippen LogP contribution in [0.15, 0.2) is 58.9 Å². The highest BCUT2D eigenvalue weighted by molar-refractivity contribution is 7.98. The number of hydrogen-bond acceptors (Lipinski definition) is 8. The Kier molecular flexibility index (Phi) is 7.87. The third-order valence-electron chi connectivity index (χ3n) is 6.93. The number of nitrogens with one attached hydrogen (secondary N) is 1. The summed E-state index contributed by atoms with van der Waals surface area (Å²) in [5, 5.41) is 8.43. The first-order valence-corrected chi connectivity index (χ1v) is 13.7. The third kappa shape index (κ3) is 5.36. The maximum absolute atomic E-state index is 14.2. The summed E-state index contributed by atoms with van der Waals surface area (Å²) >= 11 is 1.32. The van der Waals surface area contributed by atoms with Gasteiger partial charge in [-0.15, -0.1) is 5.10 Å². The number of esters is 1. The lowest BCUT2D eigenvalue weighted by molar-refractivity contribution is -0.146. The van der Waals surface area contributed by atoms with Crippen molar-refractivity contribution in [2.45, 2.75) is 62.1 Å². The summed E-state index contributed by atoms with van der Waals surface area (Å²) in [7, 11) is 3.17. The molecule has 8 nitrogen and oxygen atoms in total. The Morgan fingerprint density at radius 1 is 1.13 bits per heavy atom. The van der Waals surface area contributed by atoms with Gasteiger partial charge in [-0.2, -0.15) is 4.98 Å². The highest BCUT2D eigenvalue weighted by Crippen LogP contribution is 2.42. The van der Waals surface area contributed by atoms with Crippen molar-refractivity contribution in [3.63, 3.8) is 0 Å². The van der Waals surface area contributed by atoms with E-state index in [4.69, 9.17) is 19.3 Å². The van der Waals surface area contributed by atoms with Crippen LogP contribution in [0.4, 0.5) is 10.3 Å². The first-order valence-electron chi connectivity index (χ1n) is 12.7. The Morgan fingerprint density at radius 2 is 1.92 bits per heavy atom. The Labute approximate surface area is 225 Å². The Balaban J connectivity index is 1.53. The molecule has 0 spiro atoms. The van der Waals surface area contributed by atoms with Crippen molar-refractivity contribution in [2.75, 3.05) is 19.5 Å². The van der Waals surface area contributed by atoms with Crippen molar-refractivity contribution in [1.29, 1.82) is 0 Å². The second-order valence-corrected chi connectivity index (χ2v) is 10.3. The molecule has 38 heavy (non-hydrogen) atoms. The standard InChI is InChI=1S/C28H31FN4O4S/c1-17-24(26(34)37-19-10-5-4-6-11-19)25(21-15-20(35-2)13-14-23(21)36-3)33-27(30-17)31-28(32-33)38-16-18-9-7-8-12-22(18)29/h7-9,12-15,19,25H,4-6,10-11,16H2,1-3H3,(H,30,31,32). The van der Waals surface area contributed by atoms with E-state index < -0.39 is 12.0 Å². The number of benzene rings is 2. The zero-order valence-electron chi connectivity index (χ0n) is 21.7. The largest absolute Gasteiger partial charge is 0.497 e. The molecule has 1 N–H and O–H groups in total. The molecule has 5 rings (SSSR count). The number of hydrogen-bond donors (Lipinski definition) is 1. The summed E-state index contributed by atoms with van der Waals surface area (Å²) in [4.78, 5) is 18.3. The average Bonchev–Trinajstić information content (AvgIpc) is 3.34. The lowest BCUT2D eigenvalue weighted by Gasteiger charge is -2.30. The van der Waals surface area contributed by atoms with Crippen molar-refractivity contribution in [2.24, 2.45) is 0 Å². The number of thioether (sulfide) groups is 1. The molecule has 1 aliphatic carbocycles. The molecular weight excluding hydrogens is 507 g/mol. The first-order chi connectivity index (χ1) is 18.5. The number of methoxy groups -OCH3 is 2. The van der Waals surface area contributed by atoms with E-state index in [1.54, 1.807) is 49.2 Å². The van der Waals surface area contributed by atoms with Gasteiger partial charge in [0.25, 0.3) is 0 Å². The number of rotatable bonds is 8. The number of anilines is 1. The Hall–Kier alpha value is -3.53. The number of ether oxygens (including phenoxy) is 3. The normalized spacial score (nSPS) is 17.5. The highest BCUT2D eigenvalue weighted by Gasteiger charge is 2.38. The van der Waals surface area contributed by atoms with E-state index in [1.807, 2.05) is 13.0 Å².